The van der Waals surface area contributed by atoms with Gasteiger partial charge in [-0.1, -0.05) is 18.2 Å². The highest BCUT2D eigenvalue weighted by atomic mass is 32.2. The monoisotopic (exact) mass is 440 g/mol. The largest absolute Gasteiger partial charge is 0.497 e. The first-order valence-electron chi connectivity index (χ1n) is 10.5. The highest BCUT2D eigenvalue weighted by Crippen LogP contribution is 2.31. The quantitative estimate of drug-likeness (QED) is 0.633. The van der Waals surface area contributed by atoms with Crippen molar-refractivity contribution < 1.29 is 13.2 Å². The molecule has 164 valence electrons. The van der Waals surface area contributed by atoms with E-state index in [0.29, 0.717) is 29.4 Å². The number of H-pyrrole nitrogens is 1. The fraction of sp³-hybridized carbons (Fsp3) is 0.391. The maximum Gasteiger partial charge on any atom is 0.246 e. The first-order chi connectivity index (χ1) is 14.9. The van der Waals surface area contributed by atoms with E-state index in [2.05, 4.69) is 27.3 Å². The average Bonchev–Trinajstić information content (AvgIpc) is 3.13. The molecule has 1 atom stereocenters. The SMILES string of the molecule is COc1cccc(Cc2ccc(C3CCCN(S(=O)(=O)c4c(C)n[nH]c4C)C3)nc2)c1. The van der Waals surface area contributed by atoms with Crippen LogP contribution >= 0.6 is 0 Å². The number of ether oxygens (including phenoxy) is 1. The van der Waals surface area contributed by atoms with Crippen molar-refractivity contribution in [3.05, 3.63) is 70.8 Å². The first-order valence-corrected chi connectivity index (χ1v) is 11.9. The van der Waals surface area contributed by atoms with Crippen molar-refractivity contribution in [1.82, 2.24) is 19.5 Å². The second-order valence-corrected chi connectivity index (χ2v) is 9.96. The lowest BCUT2D eigenvalue weighted by atomic mass is 9.95. The molecule has 3 heterocycles. The van der Waals surface area contributed by atoms with Crippen molar-refractivity contribution in [2.45, 2.75) is 43.9 Å². The van der Waals surface area contributed by atoms with Crippen molar-refractivity contribution in [2.75, 3.05) is 20.2 Å². The van der Waals surface area contributed by atoms with E-state index in [9.17, 15) is 8.42 Å². The van der Waals surface area contributed by atoms with Gasteiger partial charge in [-0.2, -0.15) is 9.40 Å². The number of rotatable bonds is 6. The molecule has 3 aromatic rings. The van der Waals surface area contributed by atoms with E-state index in [0.717, 1.165) is 41.8 Å². The molecule has 31 heavy (non-hydrogen) atoms. The molecule has 4 rings (SSSR count). The van der Waals surface area contributed by atoms with Gasteiger partial charge in [0, 0.05) is 30.9 Å². The molecule has 7 nitrogen and oxygen atoms in total. The summed E-state index contributed by atoms with van der Waals surface area (Å²) in [7, 11) is -1.91. The molecular formula is C23H28N4O3S. The van der Waals surface area contributed by atoms with E-state index < -0.39 is 10.0 Å². The van der Waals surface area contributed by atoms with Gasteiger partial charge < -0.3 is 4.74 Å². The Kier molecular flexibility index (Phi) is 6.11. The van der Waals surface area contributed by atoms with Crippen LogP contribution < -0.4 is 4.74 Å². The molecule has 1 N–H and O–H groups in total. The van der Waals surface area contributed by atoms with Crippen molar-refractivity contribution in [1.29, 1.82) is 0 Å². The number of benzene rings is 1. The van der Waals surface area contributed by atoms with E-state index in [4.69, 9.17) is 4.74 Å². The molecule has 0 spiro atoms. The minimum Gasteiger partial charge on any atom is -0.497 e. The van der Waals surface area contributed by atoms with Crippen LogP contribution in [-0.4, -0.2) is 48.1 Å². The van der Waals surface area contributed by atoms with Gasteiger partial charge >= 0.3 is 0 Å². The minimum atomic E-state index is -3.58. The topological polar surface area (TPSA) is 88.2 Å². The Morgan fingerprint density at radius 3 is 2.71 bits per heavy atom. The number of hydrogen-bond acceptors (Lipinski definition) is 5. The lowest BCUT2D eigenvalue weighted by Gasteiger charge is -2.31. The molecule has 2 aromatic heterocycles. The van der Waals surface area contributed by atoms with Crippen LogP contribution in [0.4, 0.5) is 0 Å². The lowest BCUT2D eigenvalue weighted by Crippen LogP contribution is -2.39. The number of aryl methyl sites for hydroxylation is 2. The zero-order chi connectivity index (χ0) is 22.0. The highest BCUT2D eigenvalue weighted by Gasteiger charge is 2.34. The van der Waals surface area contributed by atoms with Crippen LogP contribution in [-0.2, 0) is 16.4 Å². The second kappa shape index (κ2) is 8.80. The zero-order valence-corrected chi connectivity index (χ0v) is 18.9. The molecule has 1 saturated heterocycles. The third kappa shape index (κ3) is 4.50. The molecule has 0 bridgehead atoms. The summed E-state index contributed by atoms with van der Waals surface area (Å²) >= 11 is 0. The summed E-state index contributed by atoms with van der Waals surface area (Å²) in [6.07, 6.45) is 4.41. The number of methoxy groups -OCH3 is 1. The fourth-order valence-electron chi connectivity index (χ4n) is 4.25. The second-order valence-electron chi connectivity index (χ2n) is 8.08. The molecular weight excluding hydrogens is 412 g/mol. The molecule has 1 aromatic carbocycles. The van der Waals surface area contributed by atoms with Crippen molar-refractivity contribution in [3.8, 4) is 5.75 Å². The summed E-state index contributed by atoms with van der Waals surface area (Å²) in [6.45, 7) is 4.43. The molecule has 8 heteroatoms. The maximum absolute atomic E-state index is 13.2. The zero-order valence-electron chi connectivity index (χ0n) is 18.1. The third-order valence-corrected chi connectivity index (χ3v) is 7.98. The Morgan fingerprint density at radius 2 is 2.03 bits per heavy atom. The summed E-state index contributed by atoms with van der Waals surface area (Å²) in [5, 5.41) is 6.84. The van der Waals surface area contributed by atoms with Crippen LogP contribution in [0.25, 0.3) is 0 Å². The van der Waals surface area contributed by atoms with E-state index >= 15 is 0 Å². The van der Waals surface area contributed by atoms with Gasteiger partial charge in [-0.05, 0) is 62.4 Å². The number of aromatic nitrogens is 3. The first kappa shape index (κ1) is 21.5. The van der Waals surface area contributed by atoms with Gasteiger partial charge in [0.2, 0.25) is 10.0 Å². The van der Waals surface area contributed by atoms with Gasteiger partial charge in [0.25, 0.3) is 0 Å². The standard InChI is InChI=1S/C23H28N4O3S/c1-16-23(17(2)26-25-16)31(28,29)27-11-5-7-20(15-27)22-10-9-19(14-24-22)12-18-6-4-8-21(13-18)30-3/h4,6,8-10,13-14,20H,5,7,11-12,15H2,1-3H3,(H,25,26). The van der Waals surface area contributed by atoms with Crippen LogP contribution in [0.15, 0.2) is 47.5 Å². The van der Waals surface area contributed by atoms with E-state index in [-0.39, 0.29) is 5.92 Å². The van der Waals surface area contributed by atoms with Crippen LogP contribution in [0.1, 0.15) is 47.0 Å². The summed E-state index contributed by atoms with van der Waals surface area (Å²) in [4.78, 5) is 4.98. The van der Waals surface area contributed by atoms with Crippen molar-refractivity contribution in [3.63, 3.8) is 0 Å². The number of nitrogens with one attached hydrogen (secondary N) is 1. The molecule has 1 fully saturated rings. The molecule has 1 unspecified atom stereocenters. The highest BCUT2D eigenvalue weighted by molar-refractivity contribution is 7.89. The summed E-state index contributed by atoms with van der Waals surface area (Å²) in [6, 6.07) is 12.1. The summed E-state index contributed by atoms with van der Waals surface area (Å²) < 4.78 is 33.3. The third-order valence-electron chi connectivity index (χ3n) is 5.85. The van der Waals surface area contributed by atoms with E-state index in [1.807, 2.05) is 30.5 Å². The van der Waals surface area contributed by atoms with Gasteiger partial charge in [0.1, 0.15) is 10.6 Å². The smallest absolute Gasteiger partial charge is 0.246 e. The van der Waals surface area contributed by atoms with Gasteiger partial charge in [-0.25, -0.2) is 8.42 Å². The average molecular weight is 441 g/mol. The summed E-state index contributed by atoms with van der Waals surface area (Å²) in [5.41, 5.74) is 4.31. The number of aromatic amines is 1. The number of piperidine rings is 1. The molecule has 1 aliphatic rings. The van der Waals surface area contributed by atoms with Crippen molar-refractivity contribution >= 4 is 10.0 Å². The predicted octanol–water partition coefficient (Wildman–Crippen LogP) is 3.59. The Bertz CT molecular complexity index is 1140. The van der Waals surface area contributed by atoms with Gasteiger partial charge in [-0.3, -0.25) is 10.1 Å². The van der Waals surface area contributed by atoms with Crippen LogP contribution in [0.3, 0.4) is 0 Å². The van der Waals surface area contributed by atoms with Gasteiger partial charge in [-0.15, -0.1) is 0 Å². The number of pyridine rings is 1. The number of hydrogen-bond donors (Lipinski definition) is 1. The van der Waals surface area contributed by atoms with E-state index in [1.165, 1.54) is 0 Å². The maximum atomic E-state index is 13.2. The Labute approximate surface area is 183 Å². The predicted molar refractivity (Wildman–Crippen MR) is 119 cm³/mol. The normalized spacial score (nSPS) is 17.6. The Hall–Kier alpha value is -2.71. The Morgan fingerprint density at radius 1 is 1.19 bits per heavy atom. The molecule has 0 radical (unpaired) electrons. The van der Waals surface area contributed by atoms with Gasteiger partial charge in [0.05, 0.1) is 18.5 Å². The fourth-order valence-corrected chi connectivity index (χ4v) is 6.11. The van der Waals surface area contributed by atoms with Crippen molar-refractivity contribution in [2.24, 2.45) is 0 Å². The van der Waals surface area contributed by atoms with Crippen LogP contribution in [0.5, 0.6) is 5.75 Å². The number of sulfonamides is 1. The molecule has 1 aliphatic heterocycles. The molecule has 0 amide bonds. The minimum absolute atomic E-state index is 0.0851. The van der Waals surface area contributed by atoms with Gasteiger partial charge in [0.15, 0.2) is 0 Å². The van der Waals surface area contributed by atoms with Crippen LogP contribution in [0.2, 0.25) is 0 Å². The molecule has 0 aliphatic carbocycles. The number of nitrogens with zero attached hydrogens (tertiary/aromatic N) is 3. The summed E-state index contributed by atoms with van der Waals surface area (Å²) in [5.74, 6) is 0.926. The van der Waals surface area contributed by atoms with Crippen LogP contribution in [0, 0.1) is 13.8 Å². The van der Waals surface area contributed by atoms with E-state index in [1.54, 1.807) is 25.3 Å². The Balaban J connectivity index is 1.48. The molecule has 0 saturated carbocycles. The lowest BCUT2D eigenvalue weighted by molar-refractivity contribution is 0.312.